The maximum Gasteiger partial charge on any atom is 0.251 e. The van der Waals surface area contributed by atoms with Crippen molar-refractivity contribution in [2.75, 3.05) is 13.1 Å². The molecule has 1 atom stereocenters. The van der Waals surface area contributed by atoms with Gasteiger partial charge in [-0.15, -0.1) is 0 Å². The van der Waals surface area contributed by atoms with Crippen molar-refractivity contribution in [3.63, 3.8) is 0 Å². The number of carbonyl (C=O) groups excluding carboxylic acids is 2. The molecule has 1 unspecified atom stereocenters. The number of nitrogens with one attached hydrogen (secondary N) is 2. The van der Waals surface area contributed by atoms with Gasteiger partial charge in [0.2, 0.25) is 15.9 Å². The third-order valence-corrected chi connectivity index (χ3v) is 7.18. The van der Waals surface area contributed by atoms with Crippen molar-refractivity contribution >= 4 is 21.8 Å². The summed E-state index contributed by atoms with van der Waals surface area (Å²) in [4.78, 5) is 24.0. The molecule has 31 heavy (non-hydrogen) atoms. The van der Waals surface area contributed by atoms with Gasteiger partial charge in [-0.25, -0.2) is 8.42 Å². The van der Waals surface area contributed by atoms with Gasteiger partial charge in [0.15, 0.2) is 0 Å². The van der Waals surface area contributed by atoms with Crippen molar-refractivity contribution in [2.24, 2.45) is 0 Å². The standard InChI is InChI=1S/C23H27N3O4S/c1-2-22(27)25-20-9-6-15-26(16-14-20)31(29,30)21-12-10-19(11-13-21)23(28)24-17-18-7-4-3-5-8-18/h2-5,7-8,10-13,20H,1,6,9,14-17H2,(H,24,28)(H,25,27). The zero-order chi connectivity index (χ0) is 22.3. The van der Waals surface area contributed by atoms with Crippen LogP contribution in [-0.2, 0) is 21.4 Å². The Morgan fingerprint density at radius 1 is 1.03 bits per heavy atom. The summed E-state index contributed by atoms with van der Waals surface area (Å²) >= 11 is 0. The third-order valence-electron chi connectivity index (χ3n) is 5.27. The van der Waals surface area contributed by atoms with E-state index in [-0.39, 0.29) is 22.8 Å². The molecule has 1 heterocycles. The average molecular weight is 442 g/mol. The van der Waals surface area contributed by atoms with Gasteiger partial charge in [-0.05, 0) is 55.2 Å². The van der Waals surface area contributed by atoms with Gasteiger partial charge in [-0.2, -0.15) is 4.31 Å². The van der Waals surface area contributed by atoms with E-state index in [2.05, 4.69) is 17.2 Å². The first-order valence-corrected chi connectivity index (χ1v) is 11.7. The Morgan fingerprint density at radius 3 is 2.42 bits per heavy atom. The molecule has 8 heteroatoms. The maximum atomic E-state index is 13.0. The Hall–Kier alpha value is -2.97. The van der Waals surface area contributed by atoms with Crippen LogP contribution in [0.15, 0.2) is 72.1 Å². The van der Waals surface area contributed by atoms with Gasteiger partial charge in [0.1, 0.15) is 0 Å². The highest BCUT2D eigenvalue weighted by Crippen LogP contribution is 2.21. The van der Waals surface area contributed by atoms with Crippen LogP contribution in [0.4, 0.5) is 0 Å². The van der Waals surface area contributed by atoms with Gasteiger partial charge in [-0.1, -0.05) is 36.9 Å². The van der Waals surface area contributed by atoms with E-state index in [1.54, 1.807) is 0 Å². The van der Waals surface area contributed by atoms with E-state index in [1.165, 1.54) is 34.6 Å². The van der Waals surface area contributed by atoms with Crippen LogP contribution in [0.25, 0.3) is 0 Å². The number of carbonyl (C=O) groups is 2. The number of hydrogen-bond donors (Lipinski definition) is 2. The quantitative estimate of drug-likeness (QED) is 0.645. The van der Waals surface area contributed by atoms with Gasteiger partial charge >= 0.3 is 0 Å². The van der Waals surface area contributed by atoms with Crippen molar-refractivity contribution in [1.29, 1.82) is 0 Å². The average Bonchev–Trinajstić information content (AvgIpc) is 3.04. The smallest absolute Gasteiger partial charge is 0.251 e. The van der Waals surface area contributed by atoms with Crippen LogP contribution in [0, 0.1) is 0 Å². The molecule has 2 N–H and O–H groups in total. The molecule has 3 rings (SSSR count). The van der Waals surface area contributed by atoms with E-state index in [4.69, 9.17) is 0 Å². The molecule has 0 aliphatic carbocycles. The first kappa shape index (κ1) is 22.7. The Morgan fingerprint density at radius 2 is 1.74 bits per heavy atom. The lowest BCUT2D eigenvalue weighted by atomic mass is 10.1. The van der Waals surface area contributed by atoms with Crippen LogP contribution in [0.2, 0.25) is 0 Å². The molecule has 0 radical (unpaired) electrons. The Labute approximate surface area is 183 Å². The van der Waals surface area contributed by atoms with Crippen molar-refractivity contribution in [3.8, 4) is 0 Å². The van der Waals surface area contributed by atoms with E-state index >= 15 is 0 Å². The van der Waals surface area contributed by atoms with Gasteiger partial charge in [0.05, 0.1) is 4.90 Å². The lowest BCUT2D eigenvalue weighted by Gasteiger charge is -2.20. The fraction of sp³-hybridized carbons (Fsp3) is 0.304. The first-order valence-electron chi connectivity index (χ1n) is 10.3. The van der Waals surface area contributed by atoms with E-state index in [0.29, 0.717) is 44.5 Å². The molecule has 164 valence electrons. The zero-order valence-corrected chi connectivity index (χ0v) is 18.1. The van der Waals surface area contributed by atoms with Gasteiger partial charge in [0.25, 0.3) is 5.91 Å². The lowest BCUT2D eigenvalue weighted by molar-refractivity contribution is -0.117. The molecule has 0 saturated carbocycles. The molecule has 1 fully saturated rings. The monoisotopic (exact) mass is 441 g/mol. The van der Waals surface area contributed by atoms with Gasteiger partial charge in [-0.3, -0.25) is 9.59 Å². The SMILES string of the molecule is C=CC(=O)NC1CCCN(S(=O)(=O)c2ccc(C(=O)NCc3ccccc3)cc2)CC1. The van der Waals surface area contributed by atoms with Crippen LogP contribution in [0.3, 0.4) is 0 Å². The van der Waals surface area contributed by atoms with Crippen molar-refractivity contribution in [1.82, 2.24) is 14.9 Å². The van der Waals surface area contributed by atoms with Crippen molar-refractivity contribution < 1.29 is 18.0 Å². The summed E-state index contributed by atoms with van der Waals surface area (Å²) < 4.78 is 27.5. The normalized spacial score (nSPS) is 17.4. The fourth-order valence-electron chi connectivity index (χ4n) is 3.52. The second kappa shape index (κ2) is 10.4. The number of benzene rings is 2. The van der Waals surface area contributed by atoms with Gasteiger partial charge < -0.3 is 10.6 Å². The summed E-state index contributed by atoms with van der Waals surface area (Å²) in [7, 11) is -3.67. The Kier molecular flexibility index (Phi) is 7.59. The van der Waals surface area contributed by atoms with Gasteiger partial charge in [0, 0.05) is 31.2 Å². The predicted molar refractivity (Wildman–Crippen MR) is 119 cm³/mol. The number of hydrogen-bond acceptors (Lipinski definition) is 4. The van der Waals surface area contributed by atoms with E-state index in [9.17, 15) is 18.0 Å². The molecule has 0 spiro atoms. The highest BCUT2D eigenvalue weighted by atomic mass is 32.2. The first-order chi connectivity index (χ1) is 14.9. The molecule has 0 aromatic heterocycles. The highest BCUT2D eigenvalue weighted by molar-refractivity contribution is 7.89. The lowest BCUT2D eigenvalue weighted by Crippen LogP contribution is -2.36. The van der Waals surface area contributed by atoms with Crippen LogP contribution >= 0.6 is 0 Å². The molecule has 2 aromatic carbocycles. The van der Waals surface area contributed by atoms with E-state index in [0.717, 1.165) is 5.56 Å². The molecule has 1 aliphatic rings. The molecular weight excluding hydrogens is 414 g/mol. The van der Waals surface area contributed by atoms with E-state index in [1.807, 2.05) is 30.3 Å². The van der Waals surface area contributed by atoms with Crippen LogP contribution < -0.4 is 10.6 Å². The minimum atomic E-state index is -3.67. The van der Waals surface area contributed by atoms with Crippen molar-refractivity contribution in [2.45, 2.75) is 36.7 Å². The number of sulfonamides is 1. The molecule has 1 saturated heterocycles. The topological polar surface area (TPSA) is 95.6 Å². The van der Waals surface area contributed by atoms with E-state index < -0.39 is 10.0 Å². The summed E-state index contributed by atoms with van der Waals surface area (Å²) in [5.41, 5.74) is 1.39. The second-order valence-electron chi connectivity index (χ2n) is 7.44. The molecule has 1 aliphatic heterocycles. The Balaban J connectivity index is 1.62. The van der Waals surface area contributed by atoms with Crippen LogP contribution in [-0.4, -0.2) is 43.7 Å². The summed E-state index contributed by atoms with van der Waals surface area (Å²) in [5, 5.41) is 5.67. The summed E-state index contributed by atoms with van der Waals surface area (Å²) in [6, 6.07) is 15.5. The van der Waals surface area contributed by atoms with Crippen LogP contribution in [0.1, 0.15) is 35.2 Å². The Bertz CT molecular complexity index is 1020. The number of rotatable bonds is 7. The predicted octanol–water partition coefficient (Wildman–Crippen LogP) is 2.46. The summed E-state index contributed by atoms with van der Waals surface area (Å²) in [5.74, 6) is -0.509. The molecule has 7 nitrogen and oxygen atoms in total. The number of nitrogens with zero attached hydrogens (tertiary/aromatic N) is 1. The van der Waals surface area contributed by atoms with Crippen molar-refractivity contribution in [3.05, 3.63) is 78.4 Å². The largest absolute Gasteiger partial charge is 0.350 e. The zero-order valence-electron chi connectivity index (χ0n) is 17.3. The van der Waals surface area contributed by atoms with Crippen LogP contribution in [0.5, 0.6) is 0 Å². The highest BCUT2D eigenvalue weighted by Gasteiger charge is 2.28. The minimum absolute atomic E-state index is 0.0682. The second-order valence-corrected chi connectivity index (χ2v) is 9.38. The number of amides is 2. The fourth-order valence-corrected chi connectivity index (χ4v) is 5.02. The summed E-state index contributed by atoms with van der Waals surface area (Å²) in [6.07, 6.45) is 3.13. The minimum Gasteiger partial charge on any atom is -0.350 e. The molecular formula is C23H27N3O4S. The maximum absolute atomic E-state index is 13.0. The summed E-state index contributed by atoms with van der Waals surface area (Å²) in [6.45, 7) is 4.56. The molecule has 2 aromatic rings. The molecule has 2 amide bonds. The third kappa shape index (κ3) is 6.02. The molecule has 0 bridgehead atoms.